The van der Waals surface area contributed by atoms with Crippen LogP contribution in [0.2, 0.25) is 0 Å². The van der Waals surface area contributed by atoms with Crippen molar-refractivity contribution in [1.82, 2.24) is 5.10 Å². The minimum atomic E-state index is 0.896. The third-order valence-corrected chi connectivity index (χ3v) is 3.84. The van der Waals surface area contributed by atoms with E-state index < -0.39 is 0 Å². The quantitative estimate of drug-likeness (QED) is 0.738. The molecule has 0 unspecified atom stereocenters. The van der Waals surface area contributed by atoms with Crippen LogP contribution in [0.1, 0.15) is 0 Å². The van der Waals surface area contributed by atoms with Gasteiger partial charge in [-0.25, -0.2) is 0 Å². The Bertz CT molecular complexity index is 662. The molecule has 19 heavy (non-hydrogen) atoms. The standard InChI is InChI=1S/C15H14N3S/c1-18-14(12-8-4-2-5-9-12)19-15(17-18)16-13-10-6-3-7-11-13/h2-11H,1H3,(H,16,17)/q+1. The SMILES string of the molecule is C[n+]1nc(Nc2ccccc2)sc1-c1ccccc1. The molecule has 1 aromatic heterocycles. The minimum Gasteiger partial charge on any atom is -0.327 e. The van der Waals surface area contributed by atoms with Gasteiger partial charge < -0.3 is 5.32 Å². The van der Waals surface area contributed by atoms with Crippen molar-refractivity contribution in [3.05, 3.63) is 60.7 Å². The van der Waals surface area contributed by atoms with Gasteiger partial charge in [0.25, 0.3) is 10.1 Å². The summed E-state index contributed by atoms with van der Waals surface area (Å²) < 4.78 is 1.91. The van der Waals surface area contributed by atoms with E-state index in [4.69, 9.17) is 0 Å². The zero-order valence-corrected chi connectivity index (χ0v) is 11.4. The van der Waals surface area contributed by atoms with Crippen LogP contribution in [-0.2, 0) is 7.05 Å². The predicted molar refractivity (Wildman–Crippen MR) is 78.5 cm³/mol. The Labute approximate surface area is 116 Å². The Kier molecular flexibility index (Phi) is 3.25. The van der Waals surface area contributed by atoms with Gasteiger partial charge in [-0.05, 0) is 35.6 Å². The molecule has 0 amide bonds. The maximum atomic E-state index is 4.51. The van der Waals surface area contributed by atoms with Crippen LogP contribution >= 0.6 is 11.3 Å². The van der Waals surface area contributed by atoms with Crippen LogP contribution in [0.4, 0.5) is 10.8 Å². The van der Waals surface area contributed by atoms with Gasteiger partial charge in [-0.1, -0.05) is 41.1 Å². The highest BCUT2D eigenvalue weighted by Crippen LogP contribution is 2.26. The maximum Gasteiger partial charge on any atom is 0.297 e. The van der Waals surface area contributed by atoms with Crippen LogP contribution in [0.15, 0.2) is 60.7 Å². The molecule has 0 aliphatic carbocycles. The average molecular weight is 268 g/mol. The number of rotatable bonds is 3. The molecule has 3 nitrogen and oxygen atoms in total. The van der Waals surface area contributed by atoms with Crippen LogP contribution in [0, 0.1) is 0 Å². The summed E-state index contributed by atoms with van der Waals surface area (Å²) >= 11 is 1.65. The van der Waals surface area contributed by atoms with Crippen LogP contribution < -0.4 is 10.00 Å². The summed E-state index contributed by atoms with van der Waals surface area (Å²) in [4.78, 5) is 0. The summed E-state index contributed by atoms with van der Waals surface area (Å²) in [5, 5.41) is 9.86. The van der Waals surface area contributed by atoms with E-state index in [1.165, 1.54) is 5.56 Å². The maximum absolute atomic E-state index is 4.51. The number of hydrogen-bond donors (Lipinski definition) is 1. The van der Waals surface area contributed by atoms with Gasteiger partial charge in [-0.2, -0.15) is 0 Å². The van der Waals surface area contributed by atoms with Crippen molar-refractivity contribution < 1.29 is 4.68 Å². The number of nitrogens with zero attached hydrogens (tertiary/aromatic N) is 2. The lowest BCUT2D eigenvalue weighted by Gasteiger charge is -1.97. The number of aryl methyl sites for hydroxylation is 1. The third kappa shape index (κ3) is 2.63. The summed E-state index contributed by atoms with van der Waals surface area (Å²) in [6.07, 6.45) is 0. The topological polar surface area (TPSA) is 28.8 Å². The molecule has 0 radical (unpaired) electrons. The molecule has 1 N–H and O–H groups in total. The molecule has 94 valence electrons. The number of aromatic nitrogens is 2. The third-order valence-electron chi connectivity index (χ3n) is 2.77. The van der Waals surface area contributed by atoms with Crippen molar-refractivity contribution in [2.75, 3.05) is 5.32 Å². The zero-order valence-electron chi connectivity index (χ0n) is 10.6. The Morgan fingerprint density at radius 3 is 2.26 bits per heavy atom. The van der Waals surface area contributed by atoms with E-state index in [0.717, 1.165) is 15.8 Å². The monoisotopic (exact) mass is 268 g/mol. The van der Waals surface area contributed by atoms with Gasteiger partial charge in [-0.3, -0.25) is 0 Å². The van der Waals surface area contributed by atoms with Crippen LogP contribution in [0.25, 0.3) is 10.6 Å². The first-order valence-corrected chi connectivity index (χ1v) is 6.89. The van der Waals surface area contributed by atoms with Gasteiger partial charge in [-0.15, -0.1) is 0 Å². The first-order valence-electron chi connectivity index (χ1n) is 6.07. The zero-order chi connectivity index (χ0) is 13.1. The molecular formula is C15H14N3S+. The van der Waals surface area contributed by atoms with Crippen LogP contribution in [0.5, 0.6) is 0 Å². The molecule has 0 atom stereocenters. The molecule has 0 spiro atoms. The molecule has 0 aliphatic heterocycles. The Hall–Kier alpha value is -2.20. The van der Waals surface area contributed by atoms with E-state index in [1.807, 2.05) is 60.3 Å². The summed E-state index contributed by atoms with van der Waals surface area (Å²) in [5.74, 6) is 0. The Morgan fingerprint density at radius 2 is 1.58 bits per heavy atom. The molecule has 3 aromatic rings. The lowest BCUT2D eigenvalue weighted by molar-refractivity contribution is -0.714. The van der Waals surface area contributed by atoms with Crippen molar-refractivity contribution in [2.45, 2.75) is 0 Å². The van der Waals surface area contributed by atoms with E-state index >= 15 is 0 Å². The van der Waals surface area contributed by atoms with Gasteiger partial charge >= 0.3 is 0 Å². The molecule has 1 heterocycles. The van der Waals surface area contributed by atoms with E-state index in [2.05, 4.69) is 22.5 Å². The fraction of sp³-hybridized carbons (Fsp3) is 0.0667. The predicted octanol–water partition coefficient (Wildman–Crippen LogP) is 3.38. The normalized spacial score (nSPS) is 10.4. The van der Waals surface area contributed by atoms with Gasteiger partial charge in [0.1, 0.15) is 0 Å². The Morgan fingerprint density at radius 1 is 0.947 bits per heavy atom. The number of benzene rings is 2. The Balaban J connectivity index is 1.90. The van der Waals surface area contributed by atoms with Crippen molar-refractivity contribution in [1.29, 1.82) is 0 Å². The largest absolute Gasteiger partial charge is 0.327 e. The second-order valence-corrected chi connectivity index (χ2v) is 5.17. The number of nitrogens with one attached hydrogen (secondary N) is 1. The van der Waals surface area contributed by atoms with Crippen LogP contribution in [-0.4, -0.2) is 5.10 Å². The lowest BCUT2D eigenvalue weighted by Crippen LogP contribution is -2.31. The molecule has 0 saturated heterocycles. The fourth-order valence-electron chi connectivity index (χ4n) is 1.88. The summed E-state index contributed by atoms with van der Waals surface area (Å²) in [6.45, 7) is 0. The van der Waals surface area contributed by atoms with Gasteiger partial charge in [0.15, 0.2) is 7.05 Å². The first-order chi connectivity index (χ1) is 9.33. The van der Waals surface area contributed by atoms with E-state index in [-0.39, 0.29) is 0 Å². The van der Waals surface area contributed by atoms with Crippen molar-refractivity contribution in [2.24, 2.45) is 7.05 Å². The molecule has 3 rings (SSSR count). The highest BCUT2D eigenvalue weighted by atomic mass is 32.1. The minimum absolute atomic E-state index is 0.896. The number of para-hydroxylation sites is 1. The van der Waals surface area contributed by atoms with E-state index in [1.54, 1.807) is 11.3 Å². The number of anilines is 2. The van der Waals surface area contributed by atoms with Crippen molar-refractivity contribution >= 4 is 22.2 Å². The molecule has 0 saturated carbocycles. The van der Waals surface area contributed by atoms with Crippen molar-refractivity contribution in [3.8, 4) is 10.6 Å². The van der Waals surface area contributed by atoms with E-state index in [9.17, 15) is 0 Å². The molecule has 2 aromatic carbocycles. The summed E-state index contributed by atoms with van der Waals surface area (Å²) in [7, 11) is 1.97. The molecule has 0 bridgehead atoms. The van der Waals surface area contributed by atoms with Gasteiger partial charge in [0, 0.05) is 10.8 Å². The molecule has 0 fully saturated rings. The van der Waals surface area contributed by atoms with Gasteiger partial charge in [0.05, 0.1) is 5.56 Å². The fourth-order valence-corrected chi connectivity index (χ4v) is 2.82. The highest BCUT2D eigenvalue weighted by Gasteiger charge is 2.17. The smallest absolute Gasteiger partial charge is 0.297 e. The number of hydrogen-bond acceptors (Lipinski definition) is 3. The summed E-state index contributed by atoms with van der Waals surface area (Å²) in [5.41, 5.74) is 2.24. The molecular weight excluding hydrogens is 254 g/mol. The van der Waals surface area contributed by atoms with E-state index in [0.29, 0.717) is 0 Å². The van der Waals surface area contributed by atoms with Crippen molar-refractivity contribution in [3.63, 3.8) is 0 Å². The van der Waals surface area contributed by atoms with Crippen LogP contribution in [0.3, 0.4) is 0 Å². The summed E-state index contributed by atoms with van der Waals surface area (Å²) in [6, 6.07) is 20.4. The average Bonchev–Trinajstić information content (AvgIpc) is 2.82. The second kappa shape index (κ2) is 5.20. The lowest BCUT2D eigenvalue weighted by atomic mass is 10.2. The van der Waals surface area contributed by atoms with Gasteiger partial charge in [0.2, 0.25) is 0 Å². The molecule has 4 heteroatoms. The highest BCUT2D eigenvalue weighted by molar-refractivity contribution is 7.18. The molecule has 0 aliphatic rings. The second-order valence-electron chi connectivity index (χ2n) is 4.19. The first kappa shape index (κ1) is 11.9.